The lowest BCUT2D eigenvalue weighted by molar-refractivity contribution is 0.143. The van der Waals surface area contributed by atoms with Crippen LogP contribution in [-0.4, -0.2) is 60.0 Å². The van der Waals surface area contributed by atoms with Crippen LogP contribution in [0.15, 0.2) is 35.7 Å². The summed E-state index contributed by atoms with van der Waals surface area (Å²) in [5.74, 6) is 1.12. The molecule has 10 heteroatoms. The van der Waals surface area contributed by atoms with Crippen LogP contribution in [-0.2, 0) is 19.1 Å². The minimum Gasteiger partial charge on any atom is -0.384 e. The van der Waals surface area contributed by atoms with Gasteiger partial charge < -0.3 is 19.9 Å². The van der Waals surface area contributed by atoms with Crippen molar-refractivity contribution in [2.45, 2.75) is 17.7 Å². The predicted octanol–water partition coefficient (Wildman–Crippen LogP) is 2.58. The van der Waals surface area contributed by atoms with E-state index in [1.165, 1.54) is 6.33 Å². The largest absolute Gasteiger partial charge is 0.384 e. The van der Waals surface area contributed by atoms with Crippen molar-refractivity contribution >= 4 is 38.5 Å². The molecule has 4 rings (SSSR count). The van der Waals surface area contributed by atoms with E-state index in [2.05, 4.69) is 34.9 Å². The molecule has 0 spiro atoms. The van der Waals surface area contributed by atoms with E-state index in [1.807, 2.05) is 18.2 Å². The lowest BCUT2D eigenvalue weighted by Gasteiger charge is -2.35. The number of nitrogens with zero attached hydrogens (tertiary/aromatic N) is 4. The summed E-state index contributed by atoms with van der Waals surface area (Å²) < 4.78 is 21.3. The number of benzene rings is 1. The molecular formula is C20H28N7O2S+. The van der Waals surface area contributed by atoms with E-state index in [-0.39, 0.29) is 0 Å². The molecule has 160 valence electrons. The zero-order valence-corrected chi connectivity index (χ0v) is 18.3. The van der Waals surface area contributed by atoms with Crippen molar-refractivity contribution in [1.82, 2.24) is 24.7 Å². The number of H-pyrrole nitrogens is 1. The summed E-state index contributed by atoms with van der Waals surface area (Å²) in [5.41, 5.74) is 3.23. The Bertz CT molecular complexity index is 1070. The maximum atomic E-state index is 12.9. The molecule has 30 heavy (non-hydrogen) atoms. The number of aromatic amines is 1. The van der Waals surface area contributed by atoms with Gasteiger partial charge in [-0.3, -0.25) is 0 Å². The van der Waals surface area contributed by atoms with Crippen molar-refractivity contribution in [3.8, 4) is 0 Å². The molecule has 3 aromatic rings. The van der Waals surface area contributed by atoms with Gasteiger partial charge in [-0.25, -0.2) is 15.0 Å². The van der Waals surface area contributed by atoms with Gasteiger partial charge in [-0.05, 0) is 30.9 Å². The Balaban J connectivity index is 1.74. The molecule has 0 radical (unpaired) electrons. The molecule has 2 atom stereocenters. The van der Waals surface area contributed by atoms with Gasteiger partial charge in [-0.2, -0.15) is 0 Å². The predicted molar refractivity (Wildman–Crippen MR) is 120 cm³/mol. The molecule has 1 fully saturated rings. The van der Waals surface area contributed by atoms with E-state index in [0.29, 0.717) is 17.4 Å². The zero-order chi connectivity index (χ0) is 21.1. The van der Waals surface area contributed by atoms with Gasteiger partial charge in [0, 0.05) is 33.3 Å². The highest BCUT2D eigenvalue weighted by Crippen LogP contribution is 2.35. The molecule has 1 aromatic carbocycles. The molecule has 1 aliphatic rings. The molecule has 0 aliphatic carbocycles. The van der Waals surface area contributed by atoms with E-state index in [4.69, 9.17) is 4.74 Å². The first-order valence-corrected chi connectivity index (χ1v) is 11.9. The van der Waals surface area contributed by atoms with E-state index < -0.39 is 10.1 Å². The van der Waals surface area contributed by atoms with Gasteiger partial charge in [0.05, 0.1) is 24.3 Å². The van der Waals surface area contributed by atoms with Crippen LogP contribution >= 0.6 is 0 Å². The third kappa shape index (κ3) is 4.16. The maximum Gasteiger partial charge on any atom is 0.185 e. The molecular weight excluding hydrogens is 402 g/mol. The van der Waals surface area contributed by atoms with Crippen LogP contribution in [0.3, 0.4) is 0 Å². The minimum absolute atomic E-state index is 0.488. The lowest BCUT2D eigenvalue weighted by atomic mass is 9.98. The number of imidazole rings is 1. The second-order valence-electron chi connectivity index (χ2n) is 7.58. The Hall–Kier alpha value is -2.56. The summed E-state index contributed by atoms with van der Waals surface area (Å²) >= 11 is 0. The Morgan fingerprint density at radius 1 is 1.33 bits per heavy atom. The monoisotopic (exact) mass is 430 g/mol. The smallest absolute Gasteiger partial charge is 0.185 e. The third-order valence-electron chi connectivity index (χ3n) is 5.55. The standard InChI is InChI=1S/C20H28N7O2S/c1-21-30(3,28)15-6-7-17(27-8-4-5-14(10-27)11-29-2)16(9-15)26-20-18-19(23-12-22-18)24-13-25-20/h6-7,9,12-14H,4-5,8,10-11H2,1-3H3,(H,21,28)(H2,22,23,24,25,26)/q+1. The molecule has 0 saturated carbocycles. The summed E-state index contributed by atoms with van der Waals surface area (Å²) in [4.78, 5) is 19.0. The number of ether oxygens (including phenoxy) is 1. The van der Waals surface area contributed by atoms with Gasteiger partial charge in [0.25, 0.3) is 0 Å². The van der Waals surface area contributed by atoms with Crippen LogP contribution in [0.25, 0.3) is 11.2 Å². The van der Waals surface area contributed by atoms with Crippen LogP contribution in [0.2, 0.25) is 0 Å². The van der Waals surface area contributed by atoms with Gasteiger partial charge in [0.15, 0.2) is 26.5 Å². The highest BCUT2D eigenvalue weighted by atomic mass is 32.3. The van der Waals surface area contributed by atoms with Crippen LogP contribution < -0.4 is 14.9 Å². The Labute approximate surface area is 177 Å². The van der Waals surface area contributed by atoms with Crippen molar-refractivity contribution in [3.63, 3.8) is 0 Å². The normalized spacial score (nSPS) is 19.0. The Morgan fingerprint density at radius 2 is 2.20 bits per heavy atom. The fourth-order valence-corrected chi connectivity index (χ4v) is 4.80. The molecule has 1 saturated heterocycles. The number of nitrogens with one attached hydrogen (secondary N) is 3. The van der Waals surface area contributed by atoms with Crippen molar-refractivity contribution in [3.05, 3.63) is 30.9 Å². The number of hydrogen-bond acceptors (Lipinski definition) is 7. The number of aromatic nitrogens is 4. The number of methoxy groups -OCH3 is 1. The Kier molecular flexibility index (Phi) is 5.98. The second-order valence-corrected chi connectivity index (χ2v) is 10.2. The maximum absolute atomic E-state index is 12.9. The van der Waals surface area contributed by atoms with Gasteiger partial charge in [0.2, 0.25) is 0 Å². The zero-order valence-electron chi connectivity index (χ0n) is 17.5. The summed E-state index contributed by atoms with van der Waals surface area (Å²) in [6.45, 7) is 2.63. The summed E-state index contributed by atoms with van der Waals surface area (Å²) in [7, 11) is 1.12. The van der Waals surface area contributed by atoms with Crippen LogP contribution in [0.1, 0.15) is 12.8 Å². The van der Waals surface area contributed by atoms with Crippen LogP contribution in [0.5, 0.6) is 0 Å². The van der Waals surface area contributed by atoms with Crippen molar-refractivity contribution in [2.24, 2.45) is 5.92 Å². The first kappa shape index (κ1) is 20.7. The molecule has 2 unspecified atom stereocenters. The molecule has 0 amide bonds. The quantitative estimate of drug-likeness (QED) is 0.495. The Morgan fingerprint density at radius 3 is 3.00 bits per heavy atom. The van der Waals surface area contributed by atoms with Crippen LogP contribution in [0, 0.1) is 5.92 Å². The fourth-order valence-electron chi connectivity index (χ4n) is 3.89. The average molecular weight is 431 g/mol. The molecule has 0 bridgehead atoms. The van der Waals surface area contributed by atoms with E-state index in [1.54, 1.807) is 26.7 Å². The van der Waals surface area contributed by atoms with Gasteiger partial charge in [0.1, 0.15) is 18.1 Å². The fraction of sp³-hybridized carbons (Fsp3) is 0.450. The summed E-state index contributed by atoms with van der Waals surface area (Å²) in [6.07, 6.45) is 7.06. The number of rotatable bonds is 7. The average Bonchev–Trinajstić information content (AvgIpc) is 3.24. The number of hydrogen-bond donors (Lipinski definition) is 3. The number of piperidine rings is 1. The van der Waals surface area contributed by atoms with Gasteiger partial charge in [-0.15, -0.1) is 4.72 Å². The molecule has 2 aromatic heterocycles. The highest BCUT2D eigenvalue weighted by molar-refractivity contribution is 8.00. The van der Waals surface area contributed by atoms with Crippen molar-refractivity contribution < 1.29 is 8.95 Å². The van der Waals surface area contributed by atoms with E-state index in [9.17, 15) is 4.21 Å². The second kappa shape index (κ2) is 8.66. The first-order valence-electron chi connectivity index (χ1n) is 9.98. The molecule has 1 aliphatic heterocycles. The lowest BCUT2D eigenvalue weighted by Crippen LogP contribution is -2.37. The first-order chi connectivity index (χ1) is 14.5. The minimum atomic E-state index is -2.34. The number of fused-ring (bicyclic) bond motifs is 1. The molecule has 9 nitrogen and oxygen atoms in total. The topological polar surface area (TPSA) is 108 Å². The van der Waals surface area contributed by atoms with E-state index in [0.717, 1.165) is 54.3 Å². The summed E-state index contributed by atoms with van der Waals surface area (Å²) in [6, 6.07) is 5.92. The number of anilines is 3. The van der Waals surface area contributed by atoms with E-state index >= 15 is 0 Å². The van der Waals surface area contributed by atoms with Crippen molar-refractivity contribution in [1.29, 1.82) is 0 Å². The third-order valence-corrected chi connectivity index (χ3v) is 7.48. The molecule has 3 heterocycles. The van der Waals surface area contributed by atoms with Gasteiger partial charge >= 0.3 is 0 Å². The van der Waals surface area contributed by atoms with Crippen molar-refractivity contribution in [2.75, 3.05) is 50.3 Å². The summed E-state index contributed by atoms with van der Waals surface area (Å²) in [5, 5.41) is 3.43. The van der Waals surface area contributed by atoms with Crippen LogP contribution in [0.4, 0.5) is 17.2 Å². The highest BCUT2D eigenvalue weighted by Gasteiger charge is 2.27. The molecule has 3 N–H and O–H groups in total. The SMILES string of the molecule is CN[S+](C)(=O)c1ccc(N2CCCC(COC)C2)c(Nc2ncnc3nc[nH]c23)c1. The van der Waals surface area contributed by atoms with Gasteiger partial charge in [-0.1, -0.05) is 4.21 Å².